The van der Waals surface area contributed by atoms with E-state index < -0.39 is 23.3 Å². The first-order chi connectivity index (χ1) is 12.9. The summed E-state index contributed by atoms with van der Waals surface area (Å²) in [5, 5.41) is 6.56. The number of fused-ring (bicyclic) bond motifs is 1. The van der Waals surface area contributed by atoms with Crippen molar-refractivity contribution in [2.75, 3.05) is 5.73 Å². The Kier molecular flexibility index (Phi) is 3.87. The van der Waals surface area contributed by atoms with E-state index in [1.165, 1.54) is 0 Å². The Morgan fingerprint density at radius 2 is 1.63 bits per heavy atom. The van der Waals surface area contributed by atoms with E-state index in [4.69, 9.17) is 10.5 Å². The molecule has 0 aliphatic heterocycles. The fraction of sp³-hybridized carbons (Fsp3) is 0. The van der Waals surface area contributed by atoms with Crippen LogP contribution < -0.4 is 10.5 Å². The number of nitrogens with zero attached hydrogens (tertiary/aromatic N) is 3. The number of nitrogens with two attached hydrogens (primary N) is 1. The highest BCUT2D eigenvalue weighted by Gasteiger charge is 2.19. The van der Waals surface area contributed by atoms with Crippen LogP contribution in [0.1, 0.15) is 0 Å². The van der Waals surface area contributed by atoms with Crippen LogP contribution in [0.25, 0.3) is 22.3 Å². The lowest BCUT2D eigenvalue weighted by molar-refractivity contribution is 0.410. The highest BCUT2D eigenvalue weighted by Crippen LogP contribution is 2.33. The van der Waals surface area contributed by atoms with Crippen molar-refractivity contribution in [3.05, 3.63) is 59.7 Å². The molecule has 0 saturated carbocycles. The molecule has 3 N–H and O–H groups in total. The maximum Gasteiger partial charge on any atom is 0.326 e. The van der Waals surface area contributed by atoms with E-state index >= 15 is 0 Å². The number of halogens is 4. The van der Waals surface area contributed by atoms with Crippen molar-refractivity contribution in [3.8, 4) is 23.0 Å². The SMILES string of the molecule is Nc1nc(Oc2ccc(F)cc2F)nc2n[nH]c(-c3cc(F)ccc3F)c12. The molecule has 0 aliphatic carbocycles. The van der Waals surface area contributed by atoms with Gasteiger partial charge in [-0.3, -0.25) is 5.10 Å². The quantitative estimate of drug-likeness (QED) is 0.529. The van der Waals surface area contributed by atoms with Crippen molar-refractivity contribution in [2.45, 2.75) is 0 Å². The van der Waals surface area contributed by atoms with Gasteiger partial charge in [-0.25, -0.2) is 17.6 Å². The lowest BCUT2D eigenvalue weighted by Crippen LogP contribution is -1.99. The molecule has 0 aliphatic rings. The summed E-state index contributed by atoms with van der Waals surface area (Å²) in [6.07, 6.45) is 0. The van der Waals surface area contributed by atoms with Crippen LogP contribution in [0.2, 0.25) is 0 Å². The van der Waals surface area contributed by atoms with Crippen LogP contribution in [-0.4, -0.2) is 20.2 Å². The molecule has 136 valence electrons. The molecule has 0 fully saturated rings. The summed E-state index contributed by atoms with van der Waals surface area (Å²) >= 11 is 0. The van der Waals surface area contributed by atoms with Crippen molar-refractivity contribution in [1.29, 1.82) is 0 Å². The number of nitrogen functional groups attached to an aromatic ring is 1. The van der Waals surface area contributed by atoms with Crippen LogP contribution in [-0.2, 0) is 0 Å². The van der Waals surface area contributed by atoms with Gasteiger partial charge in [-0.2, -0.15) is 15.1 Å². The molecule has 0 bridgehead atoms. The fourth-order valence-corrected chi connectivity index (χ4v) is 2.52. The van der Waals surface area contributed by atoms with E-state index in [0.717, 1.165) is 30.3 Å². The van der Waals surface area contributed by atoms with Gasteiger partial charge in [0, 0.05) is 11.6 Å². The van der Waals surface area contributed by atoms with Gasteiger partial charge in [-0.15, -0.1) is 0 Å². The highest BCUT2D eigenvalue weighted by atomic mass is 19.1. The molecule has 4 aromatic rings. The number of aromatic nitrogens is 4. The first-order valence-electron chi connectivity index (χ1n) is 7.52. The molecule has 2 heterocycles. The molecule has 10 heteroatoms. The van der Waals surface area contributed by atoms with E-state index in [2.05, 4.69) is 20.2 Å². The van der Waals surface area contributed by atoms with Gasteiger partial charge >= 0.3 is 6.01 Å². The van der Waals surface area contributed by atoms with Crippen molar-refractivity contribution in [3.63, 3.8) is 0 Å². The van der Waals surface area contributed by atoms with E-state index in [0.29, 0.717) is 6.07 Å². The number of H-pyrrole nitrogens is 1. The fourth-order valence-electron chi connectivity index (χ4n) is 2.52. The van der Waals surface area contributed by atoms with E-state index in [-0.39, 0.29) is 39.9 Å². The summed E-state index contributed by atoms with van der Waals surface area (Å²) in [5.74, 6) is -3.55. The van der Waals surface area contributed by atoms with Gasteiger partial charge in [0.05, 0.1) is 11.1 Å². The maximum absolute atomic E-state index is 14.0. The molecular formula is C17H9F4N5O. The molecule has 0 spiro atoms. The van der Waals surface area contributed by atoms with Crippen molar-refractivity contribution >= 4 is 16.9 Å². The smallest absolute Gasteiger partial charge is 0.326 e. The first kappa shape index (κ1) is 16.8. The Bertz CT molecular complexity index is 1180. The average molecular weight is 375 g/mol. The van der Waals surface area contributed by atoms with Gasteiger partial charge < -0.3 is 10.5 Å². The number of rotatable bonds is 3. The molecule has 0 amide bonds. The third kappa shape index (κ3) is 3.01. The third-order valence-corrected chi connectivity index (χ3v) is 3.71. The van der Waals surface area contributed by atoms with Gasteiger partial charge in [0.2, 0.25) is 0 Å². The van der Waals surface area contributed by atoms with Gasteiger partial charge in [-0.1, -0.05) is 0 Å². The third-order valence-electron chi connectivity index (χ3n) is 3.71. The average Bonchev–Trinajstić information content (AvgIpc) is 3.04. The van der Waals surface area contributed by atoms with Gasteiger partial charge in [0.15, 0.2) is 17.2 Å². The maximum atomic E-state index is 14.0. The monoisotopic (exact) mass is 375 g/mol. The molecule has 0 atom stereocenters. The number of nitrogens with one attached hydrogen (secondary N) is 1. The largest absolute Gasteiger partial charge is 0.421 e. The Balaban J connectivity index is 1.79. The van der Waals surface area contributed by atoms with E-state index in [1.54, 1.807) is 0 Å². The van der Waals surface area contributed by atoms with Crippen LogP contribution in [0.4, 0.5) is 23.4 Å². The normalized spacial score (nSPS) is 11.1. The van der Waals surface area contributed by atoms with E-state index in [1.807, 2.05) is 0 Å². The lowest BCUT2D eigenvalue weighted by atomic mass is 10.1. The minimum atomic E-state index is -0.957. The number of hydrogen-bond acceptors (Lipinski definition) is 5. The van der Waals surface area contributed by atoms with Crippen molar-refractivity contribution in [1.82, 2.24) is 20.2 Å². The number of benzene rings is 2. The number of aromatic amines is 1. The Morgan fingerprint density at radius 1 is 0.889 bits per heavy atom. The predicted octanol–water partition coefficient (Wildman–Crippen LogP) is 3.95. The van der Waals surface area contributed by atoms with E-state index in [9.17, 15) is 17.6 Å². The van der Waals surface area contributed by atoms with Gasteiger partial charge in [0.25, 0.3) is 0 Å². The summed E-state index contributed by atoms with van der Waals surface area (Å²) in [5.41, 5.74) is 5.86. The van der Waals surface area contributed by atoms with Crippen molar-refractivity contribution in [2.24, 2.45) is 0 Å². The zero-order chi connectivity index (χ0) is 19.1. The zero-order valence-corrected chi connectivity index (χ0v) is 13.3. The van der Waals surface area contributed by atoms with Gasteiger partial charge in [-0.05, 0) is 30.3 Å². The second-order valence-corrected chi connectivity index (χ2v) is 5.49. The molecule has 27 heavy (non-hydrogen) atoms. The molecule has 0 saturated heterocycles. The van der Waals surface area contributed by atoms with Crippen LogP contribution in [0.5, 0.6) is 11.8 Å². The summed E-state index contributed by atoms with van der Waals surface area (Å²) in [4.78, 5) is 7.84. The zero-order valence-electron chi connectivity index (χ0n) is 13.3. The Labute approximate surface area is 148 Å². The minimum Gasteiger partial charge on any atom is -0.421 e. The molecule has 4 rings (SSSR count). The molecule has 2 aromatic heterocycles. The van der Waals surface area contributed by atoms with Crippen LogP contribution >= 0.6 is 0 Å². The molecule has 2 aromatic carbocycles. The second kappa shape index (κ2) is 6.24. The van der Waals surface area contributed by atoms with Gasteiger partial charge in [0.1, 0.15) is 23.3 Å². The number of ether oxygens (including phenoxy) is 1. The molecule has 0 unspecified atom stereocenters. The molecular weight excluding hydrogens is 366 g/mol. The molecule has 6 nitrogen and oxygen atoms in total. The summed E-state index contributed by atoms with van der Waals surface area (Å²) in [7, 11) is 0. The Morgan fingerprint density at radius 3 is 2.41 bits per heavy atom. The summed E-state index contributed by atoms with van der Waals surface area (Å²) in [6.45, 7) is 0. The van der Waals surface area contributed by atoms with Crippen LogP contribution in [0.3, 0.4) is 0 Å². The topological polar surface area (TPSA) is 89.7 Å². The summed E-state index contributed by atoms with van der Waals surface area (Å²) in [6, 6.07) is 5.26. The van der Waals surface area contributed by atoms with Crippen LogP contribution in [0, 0.1) is 23.3 Å². The number of anilines is 1. The van der Waals surface area contributed by atoms with Crippen LogP contribution in [0.15, 0.2) is 36.4 Å². The second-order valence-electron chi connectivity index (χ2n) is 5.49. The van der Waals surface area contributed by atoms with Crippen molar-refractivity contribution < 1.29 is 22.3 Å². The minimum absolute atomic E-state index is 0.00122. The number of hydrogen-bond donors (Lipinski definition) is 2. The lowest BCUT2D eigenvalue weighted by Gasteiger charge is -2.07. The molecule has 0 radical (unpaired) electrons. The summed E-state index contributed by atoms with van der Waals surface area (Å²) < 4.78 is 59.4. The standard InChI is InChI=1S/C17H9F4N5O/c18-7-1-3-10(20)9(5-7)14-13-15(22)23-17(24-16(13)26-25-14)27-12-4-2-8(19)6-11(12)21/h1-6H,(H3,22,23,24,25,26). The Hall–Kier alpha value is -3.69. The predicted molar refractivity (Wildman–Crippen MR) is 87.9 cm³/mol. The highest BCUT2D eigenvalue weighted by molar-refractivity contribution is 5.98. The first-order valence-corrected chi connectivity index (χ1v) is 7.52.